The molecule has 124 valence electrons. The lowest BCUT2D eigenvalue weighted by Gasteiger charge is -2.08. The van der Waals surface area contributed by atoms with Crippen LogP contribution in [0.1, 0.15) is 30.0 Å². The number of thioether (sulfide) groups is 1. The highest BCUT2D eigenvalue weighted by Gasteiger charge is 2.29. The summed E-state index contributed by atoms with van der Waals surface area (Å²) in [6.07, 6.45) is 1.15. The van der Waals surface area contributed by atoms with E-state index in [0.29, 0.717) is 24.0 Å². The van der Waals surface area contributed by atoms with Gasteiger partial charge < -0.3 is 4.42 Å². The number of aromatic nitrogens is 2. The average molecular weight is 356 g/mol. The third-order valence-electron chi connectivity index (χ3n) is 3.86. The molecular formula is C15H17FN2O3S2. The van der Waals surface area contributed by atoms with Crippen molar-refractivity contribution in [2.45, 2.75) is 30.2 Å². The second-order valence-corrected chi connectivity index (χ2v) is 9.27. The molecule has 23 heavy (non-hydrogen) atoms. The number of hydrogen-bond acceptors (Lipinski definition) is 6. The summed E-state index contributed by atoms with van der Waals surface area (Å²) in [6, 6.07) is 6.31. The molecule has 1 aliphatic heterocycles. The predicted molar refractivity (Wildman–Crippen MR) is 85.4 cm³/mol. The number of nitrogens with zero attached hydrogens (tertiary/aromatic N) is 2. The molecule has 0 N–H and O–H groups in total. The summed E-state index contributed by atoms with van der Waals surface area (Å²) in [5.41, 5.74) is 0.970. The van der Waals surface area contributed by atoms with E-state index >= 15 is 0 Å². The Labute approximate surface area is 138 Å². The minimum atomic E-state index is -2.89. The summed E-state index contributed by atoms with van der Waals surface area (Å²) < 4.78 is 41.5. The Morgan fingerprint density at radius 2 is 2.09 bits per heavy atom. The first-order valence-electron chi connectivity index (χ1n) is 7.36. The average Bonchev–Trinajstić information content (AvgIpc) is 3.06. The lowest BCUT2D eigenvalue weighted by Crippen LogP contribution is -2.07. The quantitative estimate of drug-likeness (QED) is 0.767. The molecule has 0 radical (unpaired) electrons. The van der Waals surface area contributed by atoms with Crippen molar-refractivity contribution >= 4 is 21.6 Å². The van der Waals surface area contributed by atoms with E-state index < -0.39 is 9.84 Å². The summed E-state index contributed by atoms with van der Waals surface area (Å²) in [6.45, 7) is 1.98. The largest absolute Gasteiger partial charge is 0.416 e. The van der Waals surface area contributed by atoms with E-state index in [4.69, 9.17) is 4.42 Å². The third-order valence-corrected chi connectivity index (χ3v) is 6.68. The SMILES string of the molecule is C[C@@H](Sc1nnc(C[C@@H]2CCS(=O)(=O)C2)o1)c1ccc(F)cc1. The molecule has 8 heteroatoms. The number of rotatable bonds is 5. The van der Waals surface area contributed by atoms with Crippen molar-refractivity contribution in [2.24, 2.45) is 5.92 Å². The normalized spacial score (nSPS) is 21.4. The van der Waals surface area contributed by atoms with Crippen LogP contribution in [0.3, 0.4) is 0 Å². The van der Waals surface area contributed by atoms with Gasteiger partial charge in [-0.15, -0.1) is 10.2 Å². The van der Waals surface area contributed by atoms with Gasteiger partial charge in [-0.3, -0.25) is 0 Å². The molecule has 0 unspecified atom stereocenters. The van der Waals surface area contributed by atoms with Gasteiger partial charge in [0, 0.05) is 11.7 Å². The molecule has 1 saturated heterocycles. The van der Waals surface area contributed by atoms with Gasteiger partial charge in [0.25, 0.3) is 5.22 Å². The predicted octanol–water partition coefficient (Wildman–Crippen LogP) is 3.04. The van der Waals surface area contributed by atoms with Crippen molar-refractivity contribution in [3.05, 3.63) is 41.5 Å². The first-order valence-corrected chi connectivity index (χ1v) is 10.1. The lowest BCUT2D eigenvalue weighted by molar-refractivity contribution is 0.389. The fourth-order valence-electron chi connectivity index (χ4n) is 2.60. The zero-order valence-electron chi connectivity index (χ0n) is 12.6. The Morgan fingerprint density at radius 1 is 1.35 bits per heavy atom. The van der Waals surface area contributed by atoms with Gasteiger partial charge in [-0.1, -0.05) is 23.9 Å². The van der Waals surface area contributed by atoms with E-state index in [1.165, 1.54) is 23.9 Å². The summed E-state index contributed by atoms with van der Waals surface area (Å²) in [4.78, 5) is 0. The highest BCUT2D eigenvalue weighted by molar-refractivity contribution is 7.99. The zero-order valence-corrected chi connectivity index (χ0v) is 14.2. The summed E-state index contributed by atoms with van der Waals surface area (Å²) in [5, 5.41) is 8.49. The highest BCUT2D eigenvalue weighted by atomic mass is 32.2. The Bertz CT molecular complexity index is 774. The molecule has 0 amide bonds. The van der Waals surface area contributed by atoms with Gasteiger partial charge in [0.05, 0.1) is 11.5 Å². The molecule has 0 spiro atoms. The number of benzene rings is 1. The van der Waals surface area contributed by atoms with Gasteiger partial charge in [0.1, 0.15) is 5.82 Å². The Morgan fingerprint density at radius 3 is 2.74 bits per heavy atom. The van der Waals surface area contributed by atoms with Gasteiger partial charge in [-0.25, -0.2) is 12.8 Å². The number of sulfone groups is 1. The maximum Gasteiger partial charge on any atom is 0.277 e. The van der Waals surface area contributed by atoms with Gasteiger partial charge in [-0.2, -0.15) is 0 Å². The molecule has 1 aromatic heterocycles. The van der Waals surface area contributed by atoms with E-state index in [1.54, 1.807) is 12.1 Å². The third kappa shape index (κ3) is 4.32. The van der Waals surface area contributed by atoms with Crippen LogP contribution in [0.2, 0.25) is 0 Å². The van der Waals surface area contributed by atoms with E-state index in [2.05, 4.69) is 10.2 Å². The second kappa shape index (κ2) is 6.60. The molecule has 0 bridgehead atoms. The fourth-order valence-corrected chi connectivity index (χ4v) is 5.29. The Kier molecular flexibility index (Phi) is 4.72. The lowest BCUT2D eigenvalue weighted by atomic mass is 10.1. The molecule has 0 aliphatic carbocycles. The highest BCUT2D eigenvalue weighted by Crippen LogP contribution is 2.34. The molecule has 1 aliphatic rings. The summed E-state index contributed by atoms with van der Waals surface area (Å²) in [7, 11) is -2.89. The number of hydrogen-bond donors (Lipinski definition) is 0. The van der Waals surface area contributed by atoms with Gasteiger partial charge in [0.15, 0.2) is 9.84 Å². The van der Waals surface area contributed by atoms with Crippen LogP contribution >= 0.6 is 11.8 Å². The fraction of sp³-hybridized carbons (Fsp3) is 0.467. The van der Waals surface area contributed by atoms with Crippen LogP contribution in [0.15, 0.2) is 33.9 Å². The summed E-state index contributed by atoms with van der Waals surface area (Å²) in [5.74, 6) is 0.713. The first kappa shape index (κ1) is 16.4. The second-order valence-electron chi connectivity index (χ2n) is 5.75. The topological polar surface area (TPSA) is 73.1 Å². The van der Waals surface area contributed by atoms with E-state index in [0.717, 1.165) is 5.56 Å². The Balaban J connectivity index is 1.60. The molecule has 2 atom stereocenters. The standard InChI is InChI=1S/C15H17FN2O3S2/c1-10(12-2-4-13(16)5-3-12)22-15-18-17-14(21-15)8-11-6-7-23(19,20)9-11/h2-5,10-11H,6-9H2,1H3/t10-,11+/m1/s1. The van der Waals surface area contributed by atoms with Crippen molar-refractivity contribution in [2.75, 3.05) is 11.5 Å². The van der Waals surface area contributed by atoms with Gasteiger partial charge in [-0.05, 0) is 37.0 Å². The van der Waals surface area contributed by atoms with Gasteiger partial charge >= 0.3 is 0 Å². The minimum absolute atomic E-state index is 0.0516. The van der Waals surface area contributed by atoms with Crippen LogP contribution in [0.25, 0.3) is 0 Å². The molecular weight excluding hydrogens is 339 g/mol. The molecule has 3 rings (SSSR count). The van der Waals surface area contributed by atoms with E-state index in [1.807, 2.05) is 6.92 Å². The van der Waals surface area contributed by atoms with Crippen LogP contribution in [-0.4, -0.2) is 30.1 Å². The molecule has 0 saturated carbocycles. The van der Waals surface area contributed by atoms with E-state index in [9.17, 15) is 12.8 Å². The van der Waals surface area contributed by atoms with Crippen molar-refractivity contribution in [1.82, 2.24) is 10.2 Å². The van der Waals surface area contributed by atoms with Crippen LogP contribution in [0.4, 0.5) is 4.39 Å². The molecule has 1 aromatic carbocycles. The van der Waals surface area contributed by atoms with Crippen molar-refractivity contribution < 1.29 is 17.2 Å². The van der Waals surface area contributed by atoms with Crippen molar-refractivity contribution in [1.29, 1.82) is 0 Å². The monoisotopic (exact) mass is 356 g/mol. The summed E-state index contributed by atoms with van der Waals surface area (Å²) >= 11 is 1.40. The minimum Gasteiger partial charge on any atom is -0.416 e. The Hall–Kier alpha value is -1.41. The number of halogens is 1. The zero-order chi connectivity index (χ0) is 16.4. The molecule has 1 fully saturated rings. The van der Waals surface area contributed by atoms with E-state index in [-0.39, 0.29) is 28.5 Å². The van der Waals surface area contributed by atoms with Crippen molar-refractivity contribution in [3.8, 4) is 0 Å². The smallest absolute Gasteiger partial charge is 0.277 e. The van der Waals surface area contributed by atoms with Crippen LogP contribution < -0.4 is 0 Å². The molecule has 5 nitrogen and oxygen atoms in total. The maximum atomic E-state index is 12.9. The van der Waals surface area contributed by atoms with Crippen LogP contribution in [-0.2, 0) is 16.3 Å². The first-order chi connectivity index (χ1) is 10.9. The molecule has 2 aromatic rings. The van der Waals surface area contributed by atoms with Crippen molar-refractivity contribution in [3.63, 3.8) is 0 Å². The van der Waals surface area contributed by atoms with Gasteiger partial charge in [0.2, 0.25) is 5.89 Å². The van der Waals surface area contributed by atoms with Crippen LogP contribution in [0.5, 0.6) is 0 Å². The van der Waals surface area contributed by atoms with Crippen LogP contribution in [0, 0.1) is 11.7 Å². The maximum absolute atomic E-state index is 12.9. The molecule has 2 heterocycles.